The Balaban J connectivity index is 2.23. The van der Waals surface area contributed by atoms with Gasteiger partial charge in [0.25, 0.3) is 0 Å². The molecule has 0 atom stereocenters. The largest absolute Gasteiger partial charge is 0.496 e. The maximum absolute atomic E-state index is 9.40. The number of methoxy groups -OCH3 is 1. The average molecular weight is 331 g/mol. The summed E-state index contributed by atoms with van der Waals surface area (Å²) in [6.45, 7) is 10.7. The molecule has 0 saturated heterocycles. The Morgan fingerprint density at radius 2 is 2.00 bits per heavy atom. The van der Waals surface area contributed by atoms with Crippen molar-refractivity contribution in [2.75, 3.05) is 20.3 Å². The summed E-state index contributed by atoms with van der Waals surface area (Å²) in [5.74, 6) is 2.27. The topological polar surface area (TPSA) is 61.4 Å². The number of aliphatic hydroxyl groups is 1. The Kier molecular flexibility index (Phi) is 6.40. The number of ether oxygens (including phenoxy) is 1. The number of H-pyrrole nitrogens is 1. The van der Waals surface area contributed by atoms with Gasteiger partial charge in [-0.1, -0.05) is 19.9 Å². The molecule has 5 heteroatoms. The van der Waals surface area contributed by atoms with Crippen molar-refractivity contribution in [1.29, 1.82) is 0 Å². The third-order valence-corrected chi connectivity index (χ3v) is 4.27. The minimum Gasteiger partial charge on any atom is -0.496 e. The molecule has 2 rings (SSSR count). The Hall–Kier alpha value is -1.85. The normalized spacial score (nSPS) is 11.5. The van der Waals surface area contributed by atoms with Crippen molar-refractivity contribution in [2.45, 2.75) is 46.7 Å². The molecule has 0 aliphatic carbocycles. The number of imidazole rings is 1. The highest BCUT2D eigenvalue weighted by Crippen LogP contribution is 2.30. The van der Waals surface area contributed by atoms with E-state index >= 15 is 0 Å². The van der Waals surface area contributed by atoms with E-state index in [4.69, 9.17) is 4.74 Å². The number of nitrogens with one attached hydrogen (secondary N) is 1. The van der Waals surface area contributed by atoms with E-state index in [1.54, 1.807) is 7.11 Å². The van der Waals surface area contributed by atoms with Gasteiger partial charge in [0.1, 0.15) is 11.6 Å². The van der Waals surface area contributed by atoms with Gasteiger partial charge in [0.2, 0.25) is 0 Å². The van der Waals surface area contributed by atoms with Crippen molar-refractivity contribution >= 4 is 0 Å². The number of aryl methyl sites for hydroxylation is 2. The molecule has 1 aromatic carbocycles. The zero-order chi connectivity index (χ0) is 17.7. The van der Waals surface area contributed by atoms with E-state index in [9.17, 15) is 5.11 Å². The number of aromatic amines is 1. The summed E-state index contributed by atoms with van der Waals surface area (Å²) in [5.41, 5.74) is 4.76. The first-order valence-corrected chi connectivity index (χ1v) is 8.45. The average Bonchev–Trinajstić information content (AvgIpc) is 2.93. The summed E-state index contributed by atoms with van der Waals surface area (Å²) in [5, 5.41) is 9.40. The standard InChI is InChI=1S/C19H29N3O2/c1-13(2)18-9-16(14(3)8-19(18)24-5)11-22(6-7-23)12-17-10-20-15(4)21-17/h8-10,13,23H,6-7,11-12H2,1-5H3,(H,20,21). The molecule has 2 aromatic rings. The second kappa shape index (κ2) is 8.31. The summed E-state index contributed by atoms with van der Waals surface area (Å²) < 4.78 is 5.53. The van der Waals surface area contributed by atoms with E-state index in [0.717, 1.165) is 30.4 Å². The molecule has 0 unspecified atom stereocenters. The van der Waals surface area contributed by atoms with Crippen molar-refractivity contribution in [3.05, 3.63) is 46.5 Å². The summed E-state index contributed by atoms with van der Waals surface area (Å²) in [6, 6.07) is 4.35. The number of rotatable bonds is 8. The van der Waals surface area contributed by atoms with Crippen LogP contribution in [-0.4, -0.2) is 40.2 Å². The Bertz CT molecular complexity index is 665. The molecule has 0 bridgehead atoms. The van der Waals surface area contributed by atoms with E-state index in [0.29, 0.717) is 12.5 Å². The third kappa shape index (κ3) is 4.58. The van der Waals surface area contributed by atoms with Gasteiger partial charge in [-0.05, 0) is 42.5 Å². The van der Waals surface area contributed by atoms with Gasteiger partial charge in [-0.25, -0.2) is 4.98 Å². The molecule has 0 aliphatic rings. The fraction of sp³-hybridized carbons (Fsp3) is 0.526. The number of nitrogens with zero attached hydrogens (tertiary/aromatic N) is 2. The monoisotopic (exact) mass is 331 g/mol. The van der Waals surface area contributed by atoms with Crippen LogP contribution in [-0.2, 0) is 13.1 Å². The lowest BCUT2D eigenvalue weighted by molar-refractivity contribution is 0.182. The van der Waals surface area contributed by atoms with Gasteiger partial charge in [0.15, 0.2) is 0 Å². The molecule has 0 amide bonds. The molecule has 5 nitrogen and oxygen atoms in total. The van der Waals surface area contributed by atoms with Crippen molar-refractivity contribution in [3.8, 4) is 5.75 Å². The van der Waals surface area contributed by atoms with Crippen LogP contribution in [0.4, 0.5) is 0 Å². The van der Waals surface area contributed by atoms with Gasteiger partial charge in [-0.15, -0.1) is 0 Å². The molecule has 24 heavy (non-hydrogen) atoms. The lowest BCUT2D eigenvalue weighted by Gasteiger charge is -2.23. The molecular formula is C19H29N3O2. The fourth-order valence-electron chi connectivity index (χ4n) is 2.93. The zero-order valence-corrected chi connectivity index (χ0v) is 15.4. The smallest absolute Gasteiger partial charge is 0.122 e. The molecular weight excluding hydrogens is 302 g/mol. The molecule has 1 aromatic heterocycles. The number of aromatic nitrogens is 2. The van der Waals surface area contributed by atoms with Gasteiger partial charge < -0.3 is 14.8 Å². The highest BCUT2D eigenvalue weighted by molar-refractivity contribution is 5.43. The number of hydrogen-bond donors (Lipinski definition) is 2. The Morgan fingerprint density at radius 3 is 2.54 bits per heavy atom. The molecule has 2 N–H and O–H groups in total. The number of aliphatic hydroxyl groups excluding tert-OH is 1. The molecule has 0 spiro atoms. The lowest BCUT2D eigenvalue weighted by atomic mass is 9.96. The molecule has 0 saturated carbocycles. The van der Waals surface area contributed by atoms with Crippen LogP contribution in [0.15, 0.2) is 18.3 Å². The predicted molar refractivity (Wildman–Crippen MR) is 96.3 cm³/mol. The van der Waals surface area contributed by atoms with Crippen LogP contribution in [0.2, 0.25) is 0 Å². The van der Waals surface area contributed by atoms with E-state index in [1.807, 2.05) is 13.1 Å². The van der Waals surface area contributed by atoms with Crippen LogP contribution in [0.3, 0.4) is 0 Å². The van der Waals surface area contributed by atoms with Crippen LogP contribution in [0.5, 0.6) is 5.75 Å². The third-order valence-electron chi connectivity index (χ3n) is 4.27. The van der Waals surface area contributed by atoms with Crippen molar-refractivity contribution in [2.24, 2.45) is 0 Å². The minimum atomic E-state index is 0.138. The second-order valence-electron chi connectivity index (χ2n) is 6.60. The van der Waals surface area contributed by atoms with Crippen LogP contribution >= 0.6 is 0 Å². The quantitative estimate of drug-likeness (QED) is 0.780. The summed E-state index contributed by atoms with van der Waals surface area (Å²) in [7, 11) is 1.72. The highest BCUT2D eigenvalue weighted by Gasteiger charge is 2.14. The van der Waals surface area contributed by atoms with E-state index in [-0.39, 0.29) is 6.61 Å². The minimum absolute atomic E-state index is 0.138. The molecule has 0 aliphatic heterocycles. The SMILES string of the molecule is COc1cc(C)c(CN(CCO)Cc2cnc(C)[nH]2)cc1C(C)C. The van der Waals surface area contributed by atoms with Gasteiger partial charge in [0.05, 0.1) is 13.7 Å². The Morgan fingerprint density at radius 1 is 1.25 bits per heavy atom. The highest BCUT2D eigenvalue weighted by atomic mass is 16.5. The van der Waals surface area contributed by atoms with E-state index in [2.05, 4.69) is 47.8 Å². The van der Waals surface area contributed by atoms with Crippen molar-refractivity contribution < 1.29 is 9.84 Å². The van der Waals surface area contributed by atoms with Gasteiger partial charge >= 0.3 is 0 Å². The van der Waals surface area contributed by atoms with Crippen molar-refractivity contribution in [3.63, 3.8) is 0 Å². The van der Waals surface area contributed by atoms with E-state index < -0.39 is 0 Å². The number of benzene rings is 1. The first-order valence-electron chi connectivity index (χ1n) is 8.45. The molecule has 0 fully saturated rings. The number of hydrogen-bond acceptors (Lipinski definition) is 4. The van der Waals surface area contributed by atoms with Crippen LogP contribution < -0.4 is 4.74 Å². The lowest BCUT2D eigenvalue weighted by Crippen LogP contribution is -2.26. The van der Waals surface area contributed by atoms with E-state index in [1.165, 1.54) is 16.7 Å². The summed E-state index contributed by atoms with van der Waals surface area (Å²) in [6.07, 6.45) is 1.86. The summed E-state index contributed by atoms with van der Waals surface area (Å²) >= 11 is 0. The molecule has 1 heterocycles. The maximum atomic E-state index is 9.40. The first-order chi connectivity index (χ1) is 11.4. The second-order valence-corrected chi connectivity index (χ2v) is 6.60. The van der Waals surface area contributed by atoms with Crippen LogP contribution in [0.25, 0.3) is 0 Å². The molecule has 132 valence electrons. The van der Waals surface area contributed by atoms with Gasteiger partial charge in [0, 0.05) is 31.5 Å². The maximum Gasteiger partial charge on any atom is 0.122 e. The fourth-order valence-corrected chi connectivity index (χ4v) is 2.93. The predicted octanol–water partition coefficient (Wildman–Crippen LogP) is 3.15. The van der Waals surface area contributed by atoms with Crippen molar-refractivity contribution in [1.82, 2.24) is 14.9 Å². The van der Waals surface area contributed by atoms with Crippen LogP contribution in [0.1, 0.15) is 48.0 Å². The van der Waals surface area contributed by atoms with Gasteiger partial charge in [-0.3, -0.25) is 4.90 Å². The first kappa shape index (κ1) is 18.5. The zero-order valence-electron chi connectivity index (χ0n) is 15.4. The molecule has 0 radical (unpaired) electrons. The van der Waals surface area contributed by atoms with Crippen LogP contribution in [0, 0.1) is 13.8 Å². The Labute approximate surface area is 144 Å². The van der Waals surface area contributed by atoms with Gasteiger partial charge in [-0.2, -0.15) is 0 Å². The summed E-state index contributed by atoms with van der Waals surface area (Å²) in [4.78, 5) is 9.74.